The standard InChI is InChI=1S/C10H13BrO2/c1-12-10(13-2)9(11)8-6-4-3-5-7-8/h3-7,9-10H,1-2H3/t9-/m0/s1. The van der Waals surface area contributed by atoms with E-state index in [1.807, 2.05) is 30.3 Å². The molecule has 0 heterocycles. The zero-order valence-corrected chi connectivity index (χ0v) is 9.32. The van der Waals surface area contributed by atoms with Crippen LogP contribution in [0, 0.1) is 0 Å². The molecule has 0 aliphatic heterocycles. The highest BCUT2D eigenvalue weighted by Crippen LogP contribution is 2.27. The second-order valence-electron chi connectivity index (χ2n) is 2.65. The number of halogens is 1. The van der Waals surface area contributed by atoms with Crippen molar-refractivity contribution < 1.29 is 9.47 Å². The molecule has 1 atom stereocenters. The number of ether oxygens (including phenoxy) is 2. The van der Waals surface area contributed by atoms with Gasteiger partial charge < -0.3 is 9.47 Å². The van der Waals surface area contributed by atoms with Gasteiger partial charge in [-0.2, -0.15) is 0 Å². The van der Waals surface area contributed by atoms with Crippen LogP contribution in [0.4, 0.5) is 0 Å². The lowest BCUT2D eigenvalue weighted by atomic mass is 10.1. The van der Waals surface area contributed by atoms with Crippen LogP contribution in [0.25, 0.3) is 0 Å². The normalized spacial score (nSPS) is 13.2. The number of hydrogen-bond donors (Lipinski definition) is 0. The largest absolute Gasteiger partial charge is 0.354 e. The summed E-state index contributed by atoms with van der Waals surface area (Å²) in [5, 5.41) is 0. The van der Waals surface area contributed by atoms with Gasteiger partial charge >= 0.3 is 0 Å². The van der Waals surface area contributed by atoms with Gasteiger partial charge in [-0.25, -0.2) is 0 Å². The van der Waals surface area contributed by atoms with Crippen LogP contribution in [0.1, 0.15) is 10.4 Å². The molecule has 0 N–H and O–H groups in total. The topological polar surface area (TPSA) is 18.5 Å². The number of benzene rings is 1. The van der Waals surface area contributed by atoms with Gasteiger partial charge in [0.1, 0.15) is 0 Å². The molecule has 0 spiro atoms. The molecule has 2 nitrogen and oxygen atoms in total. The molecule has 3 heteroatoms. The van der Waals surface area contributed by atoms with Gasteiger partial charge in [0.25, 0.3) is 0 Å². The first-order valence-electron chi connectivity index (χ1n) is 4.04. The van der Waals surface area contributed by atoms with Gasteiger partial charge in [0.05, 0.1) is 4.83 Å². The third-order valence-electron chi connectivity index (χ3n) is 1.82. The van der Waals surface area contributed by atoms with Crippen molar-refractivity contribution in [1.29, 1.82) is 0 Å². The molecule has 0 amide bonds. The van der Waals surface area contributed by atoms with E-state index < -0.39 is 0 Å². The van der Waals surface area contributed by atoms with Gasteiger partial charge in [0.2, 0.25) is 0 Å². The van der Waals surface area contributed by atoms with Crippen LogP contribution in [0.5, 0.6) is 0 Å². The molecule has 0 saturated heterocycles. The zero-order chi connectivity index (χ0) is 9.68. The van der Waals surface area contributed by atoms with Crippen molar-refractivity contribution >= 4 is 15.9 Å². The van der Waals surface area contributed by atoms with E-state index in [9.17, 15) is 0 Å². The number of hydrogen-bond acceptors (Lipinski definition) is 2. The Morgan fingerprint density at radius 3 is 2.08 bits per heavy atom. The predicted molar refractivity (Wildman–Crippen MR) is 55.9 cm³/mol. The fourth-order valence-electron chi connectivity index (χ4n) is 1.13. The predicted octanol–water partition coefficient (Wildman–Crippen LogP) is 2.74. The molecule has 0 saturated carbocycles. The minimum Gasteiger partial charge on any atom is -0.354 e. The van der Waals surface area contributed by atoms with Crippen LogP contribution in [0.2, 0.25) is 0 Å². The number of rotatable bonds is 4. The van der Waals surface area contributed by atoms with E-state index in [2.05, 4.69) is 15.9 Å². The fourth-order valence-corrected chi connectivity index (χ4v) is 1.87. The molecule has 1 aromatic carbocycles. The van der Waals surface area contributed by atoms with E-state index >= 15 is 0 Å². The lowest BCUT2D eigenvalue weighted by Crippen LogP contribution is -2.18. The summed E-state index contributed by atoms with van der Waals surface area (Å²) in [6.07, 6.45) is -0.248. The molecule has 0 bridgehead atoms. The highest BCUT2D eigenvalue weighted by atomic mass is 79.9. The van der Waals surface area contributed by atoms with Gasteiger partial charge in [-0.05, 0) is 5.56 Å². The molecule has 0 aromatic heterocycles. The molecule has 72 valence electrons. The molecule has 0 aliphatic rings. The van der Waals surface area contributed by atoms with Crippen LogP contribution >= 0.6 is 15.9 Å². The van der Waals surface area contributed by atoms with Gasteiger partial charge in [-0.1, -0.05) is 46.3 Å². The van der Waals surface area contributed by atoms with Crippen LogP contribution in [0.3, 0.4) is 0 Å². The van der Waals surface area contributed by atoms with Crippen molar-refractivity contribution in [2.45, 2.75) is 11.1 Å². The van der Waals surface area contributed by atoms with E-state index in [0.29, 0.717) is 0 Å². The van der Waals surface area contributed by atoms with Gasteiger partial charge in [0.15, 0.2) is 6.29 Å². The number of alkyl halides is 1. The first-order chi connectivity index (χ1) is 6.29. The van der Waals surface area contributed by atoms with Crippen molar-refractivity contribution in [2.24, 2.45) is 0 Å². The van der Waals surface area contributed by atoms with Gasteiger partial charge in [-0.3, -0.25) is 0 Å². The van der Waals surface area contributed by atoms with E-state index in [4.69, 9.17) is 9.47 Å². The van der Waals surface area contributed by atoms with Crippen molar-refractivity contribution in [3.8, 4) is 0 Å². The van der Waals surface area contributed by atoms with Crippen LogP contribution in [-0.4, -0.2) is 20.5 Å². The minimum atomic E-state index is -0.248. The molecule has 0 unspecified atom stereocenters. The Morgan fingerprint density at radius 2 is 1.62 bits per heavy atom. The van der Waals surface area contributed by atoms with E-state index in [-0.39, 0.29) is 11.1 Å². The summed E-state index contributed by atoms with van der Waals surface area (Å²) in [5.41, 5.74) is 1.15. The summed E-state index contributed by atoms with van der Waals surface area (Å²) in [4.78, 5) is 0.0729. The first kappa shape index (κ1) is 10.7. The molecule has 0 radical (unpaired) electrons. The molecule has 0 aliphatic carbocycles. The Hall–Kier alpha value is -0.380. The minimum absolute atomic E-state index is 0.0729. The maximum absolute atomic E-state index is 5.15. The van der Waals surface area contributed by atoms with Crippen LogP contribution in [-0.2, 0) is 9.47 Å². The third-order valence-corrected chi connectivity index (χ3v) is 2.78. The second-order valence-corrected chi connectivity index (χ2v) is 3.64. The zero-order valence-electron chi connectivity index (χ0n) is 7.74. The highest BCUT2D eigenvalue weighted by Gasteiger charge is 2.18. The Labute approximate surface area is 87.0 Å². The third kappa shape index (κ3) is 2.79. The summed E-state index contributed by atoms with van der Waals surface area (Å²) in [7, 11) is 3.26. The molecular weight excluding hydrogens is 232 g/mol. The Balaban J connectivity index is 2.72. The summed E-state index contributed by atoms with van der Waals surface area (Å²) in [5.74, 6) is 0. The SMILES string of the molecule is COC(OC)[C@@H](Br)c1ccccc1. The molecule has 1 aromatic rings. The lowest BCUT2D eigenvalue weighted by molar-refractivity contribution is -0.101. The van der Waals surface area contributed by atoms with E-state index in [0.717, 1.165) is 5.56 Å². The second kappa shape index (κ2) is 5.37. The summed E-state index contributed by atoms with van der Waals surface area (Å²) >= 11 is 3.52. The van der Waals surface area contributed by atoms with Gasteiger partial charge in [-0.15, -0.1) is 0 Å². The Morgan fingerprint density at radius 1 is 1.08 bits per heavy atom. The van der Waals surface area contributed by atoms with E-state index in [1.54, 1.807) is 14.2 Å². The summed E-state index contributed by atoms with van der Waals surface area (Å²) in [6, 6.07) is 10.0. The molecule has 1 rings (SSSR count). The number of methoxy groups -OCH3 is 2. The molecule has 13 heavy (non-hydrogen) atoms. The maximum atomic E-state index is 5.15. The van der Waals surface area contributed by atoms with Crippen molar-refractivity contribution in [2.75, 3.05) is 14.2 Å². The monoisotopic (exact) mass is 244 g/mol. The van der Waals surface area contributed by atoms with Crippen molar-refractivity contribution in [3.63, 3.8) is 0 Å². The molecule has 0 fully saturated rings. The van der Waals surface area contributed by atoms with Crippen molar-refractivity contribution in [1.82, 2.24) is 0 Å². The highest BCUT2D eigenvalue weighted by molar-refractivity contribution is 9.09. The average Bonchev–Trinajstić information content (AvgIpc) is 2.21. The average molecular weight is 245 g/mol. The smallest absolute Gasteiger partial charge is 0.173 e. The van der Waals surface area contributed by atoms with Crippen molar-refractivity contribution in [3.05, 3.63) is 35.9 Å². The summed E-state index contributed by atoms with van der Waals surface area (Å²) < 4.78 is 10.3. The fraction of sp³-hybridized carbons (Fsp3) is 0.400. The molecular formula is C10H13BrO2. The van der Waals surface area contributed by atoms with Gasteiger partial charge in [0, 0.05) is 14.2 Å². The van der Waals surface area contributed by atoms with E-state index in [1.165, 1.54) is 0 Å². The van der Waals surface area contributed by atoms with Crippen LogP contribution in [0.15, 0.2) is 30.3 Å². The maximum Gasteiger partial charge on any atom is 0.173 e. The first-order valence-corrected chi connectivity index (χ1v) is 4.95. The quantitative estimate of drug-likeness (QED) is 0.599. The van der Waals surface area contributed by atoms with Crippen LogP contribution < -0.4 is 0 Å². The lowest BCUT2D eigenvalue weighted by Gasteiger charge is -2.19. The Kier molecular flexibility index (Phi) is 4.42. The summed E-state index contributed by atoms with van der Waals surface area (Å²) in [6.45, 7) is 0. The Bertz CT molecular complexity index is 234.